The van der Waals surface area contributed by atoms with Gasteiger partial charge in [0.2, 0.25) is 10.0 Å². The molecule has 2 N–H and O–H groups in total. The minimum Gasteiger partial charge on any atom is -0.480 e. The maximum absolute atomic E-state index is 12.4. The Bertz CT molecular complexity index is 697. The topological polar surface area (TPSA) is 107 Å². The maximum Gasteiger partial charge on any atom is 0.322 e. The van der Waals surface area contributed by atoms with E-state index in [1.807, 2.05) is 6.07 Å². The molecule has 1 atom stereocenters. The average Bonchev–Trinajstić information content (AvgIpc) is 2.35. The van der Waals surface area contributed by atoms with Gasteiger partial charge in [-0.05, 0) is 30.0 Å². The molecule has 7 heteroatoms. The lowest BCUT2D eigenvalue weighted by Gasteiger charge is -2.27. The molecule has 1 unspecified atom stereocenters. The van der Waals surface area contributed by atoms with E-state index < -0.39 is 27.4 Å². The molecule has 0 heterocycles. The molecule has 0 fully saturated rings. The second kappa shape index (κ2) is 5.84. The van der Waals surface area contributed by atoms with Crippen molar-refractivity contribution in [2.45, 2.75) is 38.6 Å². The van der Waals surface area contributed by atoms with Crippen LogP contribution in [0.1, 0.15) is 31.9 Å². The molecular weight excluding hydrogens is 292 g/mol. The largest absolute Gasteiger partial charge is 0.480 e. The summed E-state index contributed by atoms with van der Waals surface area (Å²) in [6.07, 6.45) is 0. The predicted octanol–water partition coefficient (Wildman–Crippen LogP) is 1.64. The Kier molecular flexibility index (Phi) is 4.76. The maximum atomic E-state index is 12.4. The van der Waals surface area contributed by atoms with Crippen LogP contribution in [0.5, 0.6) is 0 Å². The van der Waals surface area contributed by atoms with Crippen LogP contribution in [0.15, 0.2) is 23.1 Å². The number of carbonyl (C=O) groups is 1. The molecule has 21 heavy (non-hydrogen) atoms. The smallest absolute Gasteiger partial charge is 0.322 e. The van der Waals surface area contributed by atoms with Gasteiger partial charge in [0.05, 0.1) is 16.5 Å². The first-order chi connectivity index (χ1) is 9.49. The Balaban J connectivity index is 3.30. The summed E-state index contributed by atoms with van der Waals surface area (Å²) in [5.74, 6) is -1.25. The van der Waals surface area contributed by atoms with Crippen molar-refractivity contribution in [3.05, 3.63) is 29.3 Å². The Labute approximate surface area is 124 Å². The molecule has 0 saturated heterocycles. The molecule has 0 aromatic heterocycles. The fourth-order valence-corrected chi connectivity index (χ4v) is 3.44. The van der Waals surface area contributed by atoms with Crippen molar-refractivity contribution in [1.29, 1.82) is 5.26 Å². The predicted molar refractivity (Wildman–Crippen MR) is 77.1 cm³/mol. The summed E-state index contributed by atoms with van der Waals surface area (Å²) < 4.78 is 27.0. The molecule has 0 bridgehead atoms. The monoisotopic (exact) mass is 310 g/mol. The summed E-state index contributed by atoms with van der Waals surface area (Å²) in [6.45, 7) is 6.48. The van der Waals surface area contributed by atoms with E-state index in [-0.39, 0.29) is 10.5 Å². The van der Waals surface area contributed by atoms with Crippen LogP contribution in [0.4, 0.5) is 0 Å². The highest BCUT2D eigenvalue weighted by atomic mass is 32.2. The SMILES string of the molecule is Cc1ccc(C#N)cc1S(=O)(=O)NC(C(=O)O)C(C)(C)C. The molecule has 0 aliphatic heterocycles. The Morgan fingerprint density at radius 2 is 1.95 bits per heavy atom. The first-order valence-corrected chi connectivity index (χ1v) is 7.73. The van der Waals surface area contributed by atoms with Gasteiger partial charge in [-0.15, -0.1) is 0 Å². The lowest BCUT2D eigenvalue weighted by Crippen LogP contribution is -2.49. The molecule has 1 aromatic rings. The lowest BCUT2D eigenvalue weighted by molar-refractivity contribution is -0.141. The standard InChI is InChI=1S/C14H18N2O4S/c1-9-5-6-10(8-15)7-11(9)21(19,20)16-12(13(17)18)14(2,3)4/h5-7,12,16H,1-4H3,(H,17,18). The number of carboxylic acid groups (broad SMARTS) is 1. The number of aliphatic carboxylic acids is 1. The summed E-state index contributed by atoms with van der Waals surface area (Å²) in [4.78, 5) is 11.2. The van der Waals surface area contributed by atoms with E-state index in [4.69, 9.17) is 5.26 Å². The van der Waals surface area contributed by atoms with Crippen molar-refractivity contribution in [3.63, 3.8) is 0 Å². The highest BCUT2D eigenvalue weighted by Gasteiger charge is 2.35. The number of sulfonamides is 1. The molecule has 6 nitrogen and oxygen atoms in total. The summed E-state index contributed by atoms with van der Waals surface area (Å²) in [5, 5.41) is 18.1. The van der Waals surface area contributed by atoms with Crippen LogP contribution in [-0.2, 0) is 14.8 Å². The summed E-state index contributed by atoms with van der Waals surface area (Å²) in [7, 11) is -4.03. The van der Waals surface area contributed by atoms with Gasteiger partial charge in [-0.25, -0.2) is 8.42 Å². The minimum absolute atomic E-state index is 0.0861. The second-order valence-electron chi connectivity index (χ2n) is 5.85. The number of carboxylic acids is 1. The van der Waals surface area contributed by atoms with Gasteiger partial charge in [-0.1, -0.05) is 26.8 Å². The molecule has 1 rings (SSSR count). The third-order valence-corrected chi connectivity index (χ3v) is 4.56. The van der Waals surface area contributed by atoms with Crippen molar-refractivity contribution in [2.75, 3.05) is 0 Å². The van der Waals surface area contributed by atoms with Gasteiger partial charge in [0.25, 0.3) is 0 Å². The third-order valence-electron chi connectivity index (χ3n) is 2.99. The number of benzene rings is 1. The zero-order valence-corrected chi connectivity index (χ0v) is 13.2. The molecule has 1 aromatic carbocycles. The molecule has 0 amide bonds. The zero-order valence-electron chi connectivity index (χ0n) is 12.3. The molecule has 0 aliphatic rings. The zero-order chi connectivity index (χ0) is 16.4. The van der Waals surface area contributed by atoms with E-state index in [1.165, 1.54) is 18.2 Å². The van der Waals surface area contributed by atoms with E-state index in [0.717, 1.165) is 0 Å². The lowest BCUT2D eigenvalue weighted by atomic mass is 9.88. The average molecular weight is 310 g/mol. The second-order valence-corrected chi connectivity index (χ2v) is 7.53. The number of hydrogen-bond acceptors (Lipinski definition) is 4. The Morgan fingerprint density at radius 3 is 2.38 bits per heavy atom. The van der Waals surface area contributed by atoms with E-state index in [2.05, 4.69) is 4.72 Å². The van der Waals surface area contributed by atoms with Crippen molar-refractivity contribution < 1.29 is 18.3 Å². The third kappa shape index (κ3) is 4.03. The molecule has 0 radical (unpaired) electrons. The van der Waals surface area contributed by atoms with Crippen LogP contribution in [-0.4, -0.2) is 25.5 Å². The van der Waals surface area contributed by atoms with Crippen molar-refractivity contribution in [3.8, 4) is 6.07 Å². The highest BCUT2D eigenvalue weighted by Crippen LogP contribution is 2.23. The number of rotatable bonds is 4. The number of hydrogen-bond donors (Lipinski definition) is 2. The fraction of sp³-hybridized carbons (Fsp3) is 0.429. The van der Waals surface area contributed by atoms with Gasteiger partial charge in [0, 0.05) is 0 Å². The summed E-state index contributed by atoms with van der Waals surface area (Å²) in [5.41, 5.74) is -0.150. The molecule has 114 valence electrons. The fourth-order valence-electron chi connectivity index (χ4n) is 1.78. The van der Waals surface area contributed by atoms with Crippen LogP contribution in [0.3, 0.4) is 0 Å². The molecular formula is C14H18N2O4S. The van der Waals surface area contributed by atoms with Gasteiger partial charge in [0.15, 0.2) is 0 Å². The normalized spacial score (nSPS) is 13.5. The first-order valence-electron chi connectivity index (χ1n) is 6.25. The number of nitriles is 1. The summed E-state index contributed by atoms with van der Waals surface area (Å²) in [6, 6.07) is 4.85. The highest BCUT2D eigenvalue weighted by molar-refractivity contribution is 7.89. The number of nitrogens with zero attached hydrogens (tertiary/aromatic N) is 1. The van der Waals surface area contributed by atoms with Gasteiger partial charge < -0.3 is 5.11 Å². The van der Waals surface area contributed by atoms with Gasteiger partial charge in [-0.2, -0.15) is 9.98 Å². The Morgan fingerprint density at radius 1 is 1.38 bits per heavy atom. The molecule has 0 spiro atoms. The van der Waals surface area contributed by atoms with Crippen molar-refractivity contribution in [1.82, 2.24) is 4.72 Å². The number of nitrogens with one attached hydrogen (secondary N) is 1. The van der Waals surface area contributed by atoms with E-state index in [9.17, 15) is 18.3 Å². The number of aryl methyl sites for hydroxylation is 1. The van der Waals surface area contributed by atoms with Crippen LogP contribution >= 0.6 is 0 Å². The first kappa shape index (κ1) is 17.1. The van der Waals surface area contributed by atoms with Crippen LogP contribution in [0, 0.1) is 23.7 Å². The van der Waals surface area contributed by atoms with Crippen LogP contribution < -0.4 is 4.72 Å². The molecule has 0 saturated carbocycles. The van der Waals surface area contributed by atoms with Gasteiger partial charge >= 0.3 is 5.97 Å². The van der Waals surface area contributed by atoms with E-state index >= 15 is 0 Å². The van der Waals surface area contributed by atoms with Gasteiger partial charge in [0.1, 0.15) is 6.04 Å². The van der Waals surface area contributed by atoms with Crippen molar-refractivity contribution in [2.24, 2.45) is 5.41 Å². The minimum atomic E-state index is -4.03. The van der Waals surface area contributed by atoms with Crippen LogP contribution in [0.25, 0.3) is 0 Å². The quantitative estimate of drug-likeness (QED) is 0.879. The van der Waals surface area contributed by atoms with E-state index in [1.54, 1.807) is 27.7 Å². The van der Waals surface area contributed by atoms with Crippen LogP contribution in [0.2, 0.25) is 0 Å². The van der Waals surface area contributed by atoms with Gasteiger partial charge in [-0.3, -0.25) is 4.79 Å². The summed E-state index contributed by atoms with van der Waals surface area (Å²) >= 11 is 0. The van der Waals surface area contributed by atoms with Crippen molar-refractivity contribution >= 4 is 16.0 Å². The Hall–Kier alpha value is -1.91. The van der Waals surface area contributed by atoms with E-state index in [0.29, 0.717) is 5.56 Å². The molecule has 0 aliphatic carbocycles.